The number of amides is 2. The standard InChI is InChI=1S/C26H25N3O3/c1-17-12-13-20(14-18(17)2)28-25(30)24(29-26(31)32-21-8-4-3-5-9-21)15-19-16-27-23-11-7-6-10-22(19)23/h3-14,16,24,27H,15H2,1-2H3,(H,28,30)(H,29,31)/t24-/m1/s1. The lowest BCUT2D eigenvalue weighted by molar-refractivity contribution is -0.118. The topological polar surface area (TPSA) is 83.2 Å². The van der Waals surface area contributed by atoms with E-state index in [2.05, 4.69) is 15.6 Å². The molecule has 3 aromatic carbocycles. The number of anilines is 1. The van der Waals surface area contributed by atoms with Gasteiger partial charge in [0.2, 0.25) is 5.91 Å². The number of aromatic nitrogens is 1. The lowest BCUT2D eigenvalue weighted by Gasteiger charge is -2.18. The van der Waals surface area contributed by atoms with Crippen LogP contribution in [-0.4, -0.2) is 23.0 Å². The number of H-pyrrole nitrogens is 1. The molecular formula is C26H25N3O3. The molecule has 0 bridgehead atoms. The van der Waals surface area contributed by atoms with Crippen molar-refractivity contribution in [3.05, 3.63) is 95.7 Å². The Bertz CT molecular complexity index is 1250. The van der Waals surface area contributed by atoms with Crippen molar-refractivity contribution in [3.8, 4) is 5.75 Å². The number of benzene rings is 3. The smallest absolute Gasteiger partial charge is 0.410 e. The minimum Gasteiger partial charge on any atom is -0.410 e. The van der Waals surface area contributed by atoms with E-state index in [0.717, 1.165) is 27.6 Å². The molecule has 1 atom stereocenters. The molecule has 0 spiro atoms. The molecule has 0 fully saturated rings. The molecule has 1 heterocycles. The summed E-state index contributed by atoms with van der Waals surface area (Å²) in [6.07, 6.45) is 1.49. The van der Waals surface area contributed by atoms with Crippen LogP contribution in [0.15, 0.2) is 79.0 Å². The zero-order valence-corrected chi connectivity index (χ0v) is 18.0. The van der Waals surface area contributed by atoms with E-state index in [9.17, 15) is 9.59 Å². The van der Waals surface area contributed by atoms with Crippen LogP contribution in [0.3, 0.4) is 0 Å². The number of nitrogens with one attached hydrogen (secondary N) is 3. The third kappa shape index (κ3) is 4.98. The first-order valence-electron chi connectivity index (χ1n) is 10.5. The fourth-order valence-electron chi connectivity index (χ4n) is 3.55. The van der Waals surface area contributed by atoms with E-state index < -0.39 is 12.1 Å². The predicted molar refractivity (Wildman–Crippen MR) is 126 cm³/mol. The van der Waals surface area contributed by atoms with Crippen LogP contribution in [0.25, 0.3) is 10.9 Å². The first-order chi connectivity index (χ1) is 15.5. The molecule has 0 saturated heterocycles. The van der Waals surface area contributed by atoms with Crippen LogP contribution in [0.1, 0.15) is 16.7 Å². The van der Waals surface area contributed by atoms with Crippen molar-refractivity contribution in [2.75, 3.05) is 5.32 Å². The van der Waals surface area contributed by atoms with Crippen molar-refractivity contribution < 1.29 is 14.3 Å². The van der Waals surface area contributed by atoms with Crippen molar-refractivity contribution in [1.29, 1.82) is 0 Å². The van der Waals surface area contributed by atoms with E-state index in [4.69, 9.17) is 4.74 Å². The largest absolute Gasteiger partial charge is 0.413 e. The van der Waals surface area contributed by atoms with Gasteiger partial charge in [-0.3, -0.25) is 4.79 Å². The Kier molecular flexibility index (Phi) is 6.22. The quantitative estimate of drug-likeness (QED) is 0.399. The molecule has 0 aliphatic carbocycles. The van der Waals surface area contributed by atoms with E-state index >= 15 is 0 Å². The average molecular weight is 428 g/mol. The van der Waals surface area contributed by atoms with Gasteiger partial charge in [0.05, 0.1) is 0 Å². The molecule has 6 heteroatoms. The molecule has 0 aliphatic heterocycles. The number of hydrogen-bond acceptors (Lipinski definition) is 3. The number of fused-ring (bicyclic) bond motifs is 1. The number of aromatic amines is 1. The van der Waals surface area contributed by atoms with Crippen LogP contribution in [0.4, 0.5) is 10.5 Å². The first kappa shape index (κ1) is 21.2. The Balaban J connectivity index is 1.55. The summed E-state index contributed by atoms with van der Waals surface area (Å²) in [4.78, 5) is 28.9. The van der Waals surface area contributed by atoms with Gasteiger partial charge >= 0.3 is 6.09 Å². The number of aryl methyl sites for hydroxylation is 2. The molecule has 4 rings (SSSR count). The minimum atomic E-state index is -0.827. The van der Waals surface area contributed by atoms with Gasteiger partial charge in [0, 0.05) is 29.2 Å². The third-order valence-corrected chi connectivity index (χ3v) is 5.44. The molecule has 32 heavy (non-hydrogen) atoms. The third-order valence-electron chi connectivity index (χ3n) is 5.44. The lowest BCUT2D eigenvalue weighted by atomic mass is 10.0. The summed E-state index contributed by atoms with van der Waals surface area (Å²) in [6.45, 7) is 4.01. The summed E-state index contributed by atoms with van der Waals surface area (Å²) in [6, 6.07) is 21.5. The molecule has 0 saturated carbocycles. The van der Waals surface area contributed by atoms with Crippen LogP contribution in [-0.2, 0) is 11.2 Å². The van der Waals surface area contributed by atoms with E-state index in [0.29, 0.717) is 17.9 Å². The van der Waals surface area contributed by atoms with Gasteiger partial charge in [-0.2, -0.15) is 0 Å². The average Bonchev–Trinajstić information content (AvgIpc) is 3.19. The highest BCUT2D eigenvalue weighted by Gasteiger charge is 2.24. The normalized spacial score (nSPS) is 11.7. The Morgan fingerprint density at radius 2 is 1.69 bits per heavy atom. The fourth-order valence-corrected chi connectivity index (χ4v) is 3.55. The Morgan fingerprint density at radius 1 is 0.938 bits per heavy atom. The van der Waals surface area contributed by atoms with E-state index in [1.54, 1.807) is 24.3 Å². The second-order valence-electron chi connectivity index (χ2n) is 7.75. The summed E-state index contributed by atoms with van der Waals surface area (Å²) in [5.41, 5.74) is 4.80. The van der Waals surface area contributed by atoms with Gasteiger partial charge in [-0.1, -0.05) is 42.5 Å². The predicted octanol–water partition coefficient (Wildman–Crippen LogP) is 5.12. The van der Waals surface area contributed by atoms with Crippen molar-refractivity contribution in [1.82, 2.24) is 10.3 Å². The molecule has 3 N–H and O–H groups in total. The van der Waals surface area contributed by atoms with Crippen molar-refractivity contribution >= 4 is 28.6 Å². The zero-order valence-electron chi connectivity index (χ0n) is 18.0. The van der Waals surface area contributed by atoms with Gasteiger partial charge < -0.3 is 20.4 Å². The molecule has 0 radical (unpaired) electrons. The monoisotopic (exact) mass is 427 g/mol. The number of rotatable bonds is 6. The molecule has 0 aliphatic rings. The zero-order chi connectivity index (χ0) is 22.5. The Hall–Kier alpha value is -4.06. The number of carbonyl (C=O) groups is 2. The molecule has 162 valence electrons. The van der Waals surface area contributed by atoms with E-state index in [1.807, 2.05) is 68.6 Å². The Morgan fingerprint density at radius 3 is 2.47 bits per heavy atom. The van der Waals surface area contributed by atoms with Gasteiger partial charge in [-0.25, -0.2) is 4.79 Å². The summed E-state index contributed by atoms with van der Waals surface area (Å²) in [7, 11) is 0. The summed E-state index contributed by atoms with van der Waals surface area (Å²) in [5, 5.41) is 6.66. The Labute approximate surface area is 186 Å². The van der Waals surface area contributed by atoms with Crippen LogP contribution in [0, 0.1) is 13.8 Å². The van der Waals surface area contributed by atoms with Gasteiger partial charge in [0.1, 0.15) is 11.8 Å². The number of hydrogen-bond donors (Lipinski definition) is 3. The maximum Gasteiger partial charge on any atom is 0.413 e. The maximum atomic E-state index is 13.2. The molecule has 4 aromatic rings. The van der Waals surface area contributed by atoms with E-state index in [1.165, 1.54) is 0 Å². The number of para-hydroxylation sites is 2. The highest BCUT2D eigenvalue weighted by atomic mass is 16.6. The highest BCUT2D eigenvalue weighted by Crippen LogP contribution is 2.20. The van der Waals surface area contributed by atoms with Crippen LogP contribution in [0.2, 0.25) is 0 Å². The summed E-state index contributed by atoms with van der Waals surface area (Å²) >= 11 is 0. The lowest BCUT2D eigenvalue weighted by Crippen LogP contribution is -2.46. The van der Waals surface area contributed by atoms with Crippen LogP contribution < -0.4 is 15.4 Å². The van der Waals surface area contributed by atoms with Gasteiger partial charge in [0.25, 0.3) is 0 Å². The highest BCUT2D eigenvalue weighted by molar-refractivity contribution is 5.97. The molecular weight excluding hydrogens is 402 g/mol. The van der Waals surface area contributed by atoms with Gasteiger partial charge in [-0.15, -0.1) is 0 Å². The maximum absolute atomic E-state index is 13.2. The molecule has 1 aromatic heterocycles. The van der Waals surface area contributed by atoms with Crippen molar-refractivity contribution in [2.45, 2.75) is 26.3 Å². The van der Waals surface area contributed by atoms with E-state index in [-0.39, 0.29) is 5.91 Å². The first-order valence-corrected chi connectivity index (χ1v) is 10.5. The van der Waals surface area contributed by atoms with Gasteiger partial charge in [-0.05, 0) is 60.9 Å². The second-order valence-corrected chi connectivity index (χ2v) is 7.75. The van der Waals surface area contributed by atoms with Crippen LogP contribution >= 0.6 is 0 Å². The second kappa shape index (κ2) is 9.39. The van der Waals surface area contributed by atoms with Crippen LogP contribution in [0.5, 0.6) is 5.75 Å². The molecule has 6 nitrogen and oxygen atoms in total. The minimum absolute atomic E-state index is 0.310. The van der Waals surface area contributed by atoms with Crippen molar-refractivity contribution in [3.63, 3.8) is 0 Å². The number of carbonyl (C=O) groups excluding carboxylic acids is 2. The summed E-state index contributed by atoms with van der Waals surface area (Å²) in [5.74, 6) is 0.0916. The van der Waals surface area contributed by atoms with Gasteiger partial charge in [0.15, 0.2) is 0 Å². The summed E-state index contributed by atoms with van der Waals surface area (Å²) < 4.78 is 5.35. The SMILES string of the molecule is Cc1ccc(NC(=O)[C@@H](Cc2c[nH]c3ccccc23)NC(=O)Oc2ccccc2)cc1C. The van der Waals surface area contributed by atoms with Crippen molar-refractivity contribution in [2.24, 2.45) is 0 Å². The number of ether oxygens (including phenoxy) is 1. The molecule has 0 unspecified atom stereocenters. The molecule has 2 amide bonds. The fraction of sp³-hybridized carbons (Fsp3) is 0.154.